The zero-order chi connectivity index (χ0) is 18.0. The fourth-order valence-corrected chi connectivity index (χ4v) is 5.49. The fourth-order valence-electron chi connectivity index (χ4n) is 1.30. The fraction of sp³-hybridized carbons (Fsp3) is 0.273. The standard InChI is InChI=1S/C11H7F2I3O6S/c12-11(13,23(19,20)21)8(17)1-2-9(18)22-10-6(15)3-5(14)4-7(10)16/h3-4H,1-2H2,(H,19,20,21). The van der Waals surface area contributed by atoms with E-state index >= 15 is 0 Å². The van der Waals surface area contributed by atoms with E-state index in [2.05, 4.69) is 22.6 Å². The van der Waals surface area contributed by atoms with Crippen molar-refractivity contribution in [2.45, 2.75) is 18.1 Å². The van der Waals surface area contributed by atoms with Gasteiger partial charge in [-0.15, -0.1) is 0 Å². The summed E-state index contributed by atoms with van der Waals surface area (Å²) in [5.41, 5.74) is 0. The Labute approximate surface area is 170 Å². The van der Waals surface area contributed by atoms with Crippen LogP contribution in [-0.2, 0) is 19.7 Å². The Morgan fingerprint density at radius 1 is 1.13 bits per heavy atom. The molecule has 0 spiro atoms. The van der Waals surface area contributed by atoms with Gasteiger partial charge in [-0.1, -0.05) is 0 Å². The summed E-state index contributed by atoms with van der Waals surface area (Å²) >= 11 is 5.91. The first-order valence-electron chi connectivity index (χ1n) is 5.59. The highest BCUT2D eigenvalue weighted by Gasteiger charge is 2.51. The van der Waals surface area contributed by atoms with Crippen molar-refractivity contribution < 1.29 is 36.1 Å². The second-order valence-corrected chi connectivity index (χ2v) is 9.12. The molecule has 0 saturated carbocycles. The van der Waals surface area contributed by atoms with Gasteiger partial charge in [-0.3, -0.25) is 14.1 Å². The van der Waals surface area contributed by atoms with Crippen molar-refractivity contribution in [2.24, 2.45) is 0 Å². The van der Waals surface area contributed by atoms with Crippen LogP contribution >= 0.6 is 67.8 Å². The number of hydrogen-bond donors (Lipinski definition) is 1. The maximum atomic E-state index is 13.0. The molecular weight excluding hydrogens is 679 g/mol. The van der Waals surface area contributed by atoms with E-state index in [4.69, 9.17) is 9.29 Å². The quantitative estimate of drug-likeness (QED) is 0.214. The van der Waals surface area contributed by atoms with Gasteiger partial charge in [0.1, 0.15) is 0 Å². The Bertz CT molecular complexity index is 727. The van der Waals surface area contributed by atoms with Gasteiger partial charge >= 0.3 is 21.3 Å². The second kappa shape index (κ2) is 8.13. The van der Waals surface area contributed by atoms with E-state index in [1.54, 1.807) is 12.1 Å². The zero-order valence-corrected chi connectivity index (χ0v) is 18.1. The van der Waals surface area contributed by atoms with Crippen LogP contribution in [0.15, 0.2) is 12.1 Å². The van der Waals surface area contributed by atoms with E-state index in [-0.39, 0.29) is 5.75 Å². The minimum atomic E-state index is -5.86. The topological polar surface area (TPSA) is 97.7 Å². The molecule has 1 aromatic rings. The van der Waals surface area contributed by atoms with Gasteiger partial charge in [-0.2, -0.15) is 17.2 Å². The first-order valence-corrected chi connectivity index (χ1v) is 10.3. The van der Waals surface area contributed by atoms with E-state index in [0.29, 0.717) is 7.14 Å². The van der Waals surface area contributed by atoms with Crippen molar-refractivity contribution in [3.8, 4) is 5.75 Å². The molecular formula is C11H7F2I3O6S. The average Bonchev–Trinajstić information content (AvgIpc) is 2.38. The molecule has 12 heteroatoms. The summed E-state index contributed by atoms with van der Waals surface area (Å²) in [6.45, 7) is 0. The van der Waals surface area contributed by atoms with Crippen molar-refractivity contribution >= 4 is 89.6 Å². The van der Waals surface area contributed by atoms with Gasteiger partial charge in [0.2, 0.25) is 5.78 Å². The lowest BCUT2D eigenvalue weighted by atomic mass is 10.2. The van der Waals surface area contributed by atoms with Crippen LogP contribution in [0.25, 0.3) is 0 Å². The van der Waals surface area contributed by atoms with Gasteiger partial charge in [-0.05, 0) is 79.9 Å². The molecule has 1 aromatic carbocycles. The monoisotopic (exact) mass is 686 g/mol. The summed E-state index contributed by atoms with van der Waals surface area (Å²) in [6, 6.07) is 3.45. The number of Topliss-reactive ketones (excluding diaryl/α,β-unsaturated/α-hetero) is 1. The number of halogens is 5. The van der Waals surface area contributed by atoms with Crippen LogP contribution < -0.4 is 4.74 Å². The molecule has 0 aliphatic carbocycles. The molecule has 128 valence electrons. The predicted molar refractivity (Wildman–Crippen MR) is 101 cm³/mol. The van der Waals surface area contributed by atoms with Gasteiger partial charge in [0, 0.05) is 9.99 Å². The molecule has 0 saturated heterocycles. The van der Waals surface area contributed by atoms with Crippen LogP contribution in [0, 0.1) is 10.7 Å². The van der Waals surface area contributed by atoms with Crippen LogP contribution in [-0.4, -0.2) is 30.0 Å². The van der Waals surface area contributed by atoms with E-state index in [9.17, 15) is 26.8 Å². The van der Waals surface area contributed by atoms with Crippen LogP contribution in [0.4, 0.5) is 8.78 Å². The summed E-state index contributed by atoms with van der Waals surface area (Å²) < 4.78 is 62.3. The van der Waals surface area contributed by atoms with Gasteiger partial charge in [0.05, 0.1) is 13.6 Å². The minimum Gasteiger partial charge on any atom is -0.424 e. The van der Waals surface area contributed by atoms with Gasteiger partial charge < -0.3 is 4.74 Å². The number of hydrogen-bond acceptors (Lipinski definition) is 5. The highest BCUT2D eigenvalue weighted by Crippen LogP contribution is 2.30. The van der Waals surface area contributed by atoms with Gasteiger partial charge in [0.15, 0.2) is 5.75 Å². The van der Waals surface area contributed by atoms with Crippen LogP contribution in [0.5, 0.6) is 5.75 Å². The Hall–Kier alpha value is 0.320. The molecule has 1 N–H and O–H groups in total. The molecule has 1 rings (SSSR count). The Balaban J connectivity index is 2.75. The number of carbonyl (C=O) groups is 2. The zero-order valence-electron chi connectivity index (χ0n) is 10.9. The van der Waals surface area contributed by atoms with Crippen LogP contribution in [0.3, 0.4) is 0 Å². The largest absolute Gasteiger partial charge is 0.426 e. The molecule has 0 aromatic heterocycles. The highest BCUT2D eigenvalue weighted by atomic mass is 127. The molecule has 0 aliphatic heterocycles. The maximum absolute atomic E-state index is 13.0. The first-order chi connectivity index (χ1) is 10.4. The normalized spacial score (nSPS) is 12.1. The molecule has 6 nitrogen and oxygen atoms in total. The number of carbonyl (C=O) groups excluding carboxylic acids is 2. The van der Waals surface area contributed by atoms with Crippen LogP contribution in [0.1, 0.15) is 12.8 Å². The lowest BCUT2D eigenvalue weighted by Gasteiger charge is -2.12. The van der Waals surface area contributed by atoms with Crippen LogP contribution in [0.2, 0.25) is 0 Å². The summed E-state index contributed by atoms with van der Waals surface area (Å²) in [6.07, 6.45) is -1.83. The first kappa shape index (κ1) is 21.4. The highest BCUT2D eigenvalue weighted by molar-refractivity contribution is 14.1. The maximum Gasteiger partial charge on any atom is 0.426 e. The number of benzene rings is 1. The Morgan fingerprint density at radius 3 is 2.04 bits per heavy atom. The summed E-state index contributed by atoms with van der Waals surface area (Å²) in [5.74, 6) is -2.82. The minimum absolute atomic E-state index is 0.227. The number of alkyl halides is 2. The Morgan fingerprint density at radius 2 is 1.61 bits per heavy atom. The third-order valence-corrected chi connectivity index (χ3v) is 5.48. The number of esters is 1. The van der Waals surface area contributed by atoms with Crippen molar-refractivity contribution in [1.29, 1.82) is 0 Å². The molecule has 0 atom stereocenters. The SMILES string of the molecule is O=C(CCC(=O)C(F)(F)S(=O)(=O)O)Oc1c(I)cc(I)cc1I. The van der Waals surface area contributed by atoms with Gasteiger partial charge in [0.25, 0.3) is 0 Å². The van der Waals surface area contributed by atoms with Crippen molar-refractivity contribution in [3.05, 3.63) is 22.8 Å². The molecule has 0 radical (unpaired) electrons. The van der Waals surface area contributed by atoms with Crippen molar-refractivity contribution in [3.63, 3.8) is 0 Å². The molecule has 23 heavy (non-hydrogen) atoms. The van der Waals surface area contributed by atoms with E-state index in [0.717, 1.165) is 3.57 Å². The predicted octanol–water partition coefficient (Wildman–Crippen LogP) is 3.24. The molecule has 0 bridgehead atoms. The lowest BCUT2D eigenvalue weighted by Crippen LogP contribution is -2.37. The average molecular weight is 686 g/mol. The Kier molecular flexibility index (Phi) is 7.55. The van der Waals surface area contributed by atoms with E-state index in [1.165, 1.54) is 0 Å². The van der Waals surface area contributed by atoms with Gasteiger partial charge in [-0.25, -0.2) is 0 Å². The smallest absolute Gasteiger partial charge is 0.424 e. The van der Waals surface area contributed by atoms with E-state index < -0.39 is 40.0 Å². The third kappa shape index (κ3) is 5.67. The lowest BCUT2D eigenvalue weighted by molar-refractivity contribution is -0.140. The van der Waals surface area contributed by atoms with Crippen molar-refractivity contribution in [2.75, 3.05) is 0 Å². The van der Waals surface area contributed by atoms with Crippen molar-refractivity contribution in [1.82, 2.24) is 0 Å². The molecule has 0 amide bonds. The summed E-state index contributed by atoms with van der Waals surface area (Å²) in [5, 5.41) is -4.95. The molecule has 0 aliphatic rings. The number of rotatable bonds is 6. The molecule has 0 fully saturated rings. The number of ketones is 1. The third-order valence-electron chi connectivity index (χ3n) is 2.38. The number of ether oxygens (including phenoxy) is 1. The molecule has 0 unspecified atom stereocenters. The second-order valence-electron chi connectivity index (χ2n) is 4.09. The summed E-state index contributed by atoms with van der Waals surface area (Å²) in [7, 11) is -5.86. The van der Waals surface area contributed by atoms with E-state index in [1.807, 2.05) is 45.2 Å². The molecule has 0 heterocycles. The summed E-state index contributed by atoms with van der Waals surface area (Å²) in [4.78, 5) is 22.8.